The molecule has 1 aliphatic rings. The normalized spacial score (nSPS) is 17.8. The molecule has 1 unspecified atom stereocenters. The smallest absolute Gasteiger partial charge is 0.286 e. The first kappa shape index (κ1) is 21.5. The Balaban J connectivity index is 1.76. The van der Waals surface area contributed by atoms with Crippen LogP contribution >= 0.6 is 0 Å². The van der Waals surface area contributed by atoms with Gasteiger partial charge in [-0.1, -0.05) is 67.1 Å². The summed E-state index contributed by atoms with van der Waals surface area (Å²) in [6.07, 6.45) is 8.14. The molecular weight excluding hydrogens is 376 g/mol. The van der Waals surface area contributed by atoms with E-state index in [1.54, 1.807) is 6.08 Å². The summed E-state index contributed by atoms with van der Waals surface area (Å²) in [6.45, 7) is 3.14. The van der Waals surface area contributed by atoms with Crippen molar-refractivity contribution in [2.45, 2.75) is 32.2 Å². The van der Waals surface area contributed by atoms with E-state index in [1.165, 1.54) is 16.7 Å². The first-order valence-electron chi connectivity index (χ1n) is 10.1. The predicted molar refractivity (Wildman–Crippen MR) is 119 cm³/mol. The third kappa shape index (κ3) is 5.21. The minimum absolute atomic E-state index is 0.350. The first-order chi connectivity index (χ1) is 14.6. The van der Waals surface area contributed by atoms with Gasteiger partial charge in [-0.15, -0.1) is 4.91 Å². The number of amides is 1. The maximum Gasteiger partial charge on any atom is 0.303 e. The van der Waals surface area contributed by atoms with Crippen LogP contribution in [-0.2, 0) is 4.79 Å². The standard InChI is InChI=1S/C24H26N4O2/c1-18-19(12-8-14-22(18)20-9-3-2-4-10-20)11-7-13-21(26-25)17-28-16-6-5-15-23(28)24(29)27-30/h2-4,7-14,23,25H,5-6,15-17H2,1H3/b11-7+,21-13-,26-25?. The van der Waals surface area contributed by atoms with Crippen LogP contribution in [0.3, 0.4) is 0 Å². The molecule has 1 saturated heterocycles. The Morgan fingerprint density at radius 3 is 2.70 bits per heavy atom. The van der Waals surface area contributed by atoms with E-state index < -0.39 is 11.9 Å². The predicted octanol–water partition coefficient (Wildman–Crippen LogP) is 5.74. The molecule has 6 heteroatoms. The van der Waals surface area contributed by atoms with Gasteiger partial charge in [-0.3, -0.25) is 9.69 Å². The molecule has 1 heterocycles. The zero-order valence-corrected chi connectivity index (χ0v) is 17.1. The molecule has 1 fully saturated rings. The lowest BCUT2D eigenvalue weighted by Gasteiger charge is -2.32. The second-order valence-corrected chi connectivity index (χ2v) is 7.43. The van der Waals surface area contributed by atoms with Crippen molar-refractivity contribution in [2.75, 3.05) is 13.1 Å². The van der Waals surface area contributed by atoms with Gasteiger partial charge in [0.05, 0.1) is 11.7 Å². The molecule has 2 aromatic carbocycles. The van der Waals surface area contributed by atoms with E-state index in [0.717, 1.165) is 18.4 Å². The number of nitrogens with zero attached hydrogens (tertiary/aromatic N) is 3. The fourth-order valence-electron chi connectivity index (χ4n) is 3.88. The van der Waals surface area contributed by atoms with Crippen molar-refractivity contribution in [1.82, 2.24) is 4.90 Å². The molecule has 0 saturated carbocycles. The van der Waals surface area contributed by atoms with Gasteiger partial charge in [0.2, 0.25) is 0 Å². The number of carbonyl (C=O) groups excluding carboxylic acids is 1. The molecule has 0 aromatic heterocycles. The van der Waals surface area contributed by atoms with Crippen molar-refractivity contribution in [3.8, 4) is 11.1 Å². The summed E-state index contributed by atoms with van der Waals surface area (Å²) < 4.78 is 0. The molecule has 0 bridgehead atoms. The minimum Gasteiger partial charge on any atom is -0.286 e. The Morgan fingerprint density at radius 1 is 1.17 bits per heavy atom. The van der Waals surface area contributed by atoms with Crippen molar-refractivity contribution >= 4 is 12.0 Å². The van der Waals surface area contributed by atoms with Crippen LogP contribution in [0.15, 0.2) is 76.7 Å². The van der Waals surface area contributed by atoms with Gasteiger partial charge in [-0.2, -0.15) is 5.11 Å². The van der Waals surface area contributed by atoms with Crippen LogP contribution in [0.1, 0.15) is 30.4 Å². The zero-order valence-electron chi connectivity index (χ0n) is 17.1. The SMILES string of the molecule is Cc1c(/C=C/C=C(/CN2CCCCC2C(=O)N=O)N=N)cccc1-c1ccccc1. The van der Waals surface area contributed by atoms with Crippen molar-refractivity contribution in [2.24, 2.45) is 10.3 Å². The number of rotatable bonds is 7. The lowest BCUT2D eigenvalue weighted by atomic mass is 9.96. The maximum absolute atomic E-state index is 11.8. The Labute approximate surface area is 176 Å². The average Bonchev–Trinajstić information content (AvgIpc) is 2.79. The number of piperidine rings is 1. The van der Waals surface area contributed by atoms with Crippen LogP contribution in [0.2, 0.25) is 0 Å². The van der Waals surface area contributed by atoms with Gasteiger partial charge in [0.25, 0.3) is 0 Å². The minimum atomic E-state index is -0.636. The fraction of sp³-hybridized carbons (Fsp3) is 0.292. The Kier molecular flexibility index (Phi) is 7.51. The second-order valence-electron chi connectivity index (χ2n) is 7.43. The van der Waals surface area contributed by atoms with Crippen LogP contribution < -0.4 is 0 Å². The summed E-state index contributed by atoms with van der Waals surface area (Å²) in [5, 5.41) is 6.22. The number of carbonyl (C=O) groups is 1. The Bertz CT molecular complexity index is 966. The highest BCUT2D eigenvalue weighted by Gasteiger charge is 2.29. The number of nitroso groups, excluding NO2 is 1. The average molecular weight is 402 g/mol. The van der Waals surface area contributed by atoms with Crippen LogP contribution in [0.5, 0.6) is 0 Å². The van der Waals surface area contributed by atoms with E-state index in [1.807, 2.05) is 41.3 Å². The van der Waals surface area contributed by atoms with Crippen LogP contribution in [0.4, 0.5) is 0 Å². The summed E-state index contributed by atoms with van der Waals surface area (Å²) in [6, 6.07) is 15.9. The molecule has 1 aliphatic heterocycles. The van der Waals surface area contributed by atoms with Gasteiger partial charge in [-0.05, 0) is 54.6 Å². The Morgan fingerprint density at radius 2 is 1.97 bits per heavy atom. The highest BCUT2D eigenvalue weighted by molar-refractivity contribution is 5.82. The molecule has 3 rings (SSSR count). The highest BCUT2D eigenvalue weighted by atomic mass is 16.3. The summed E-state index contributed by atoms with van der Waals surface area (Å²) in [4.78, 5) is 24.4. The Hall–Kier alpha value is -3.25. The van der Waals surface area contributed by atoms with E-state index in [0.29, 0.717) is 25.2 Å². The molecule has 6 nitrogen and oxygen atoms in total. The van der Waals surface area contributed by atoms with Crippen molar-refractivity contribution in [3.05, 3.63) is 82.4 Å². The number of likely N-dealkylation sites (tertiary alicyclic amines) is 1. The van der Waals surface area contributed by atoms with Crippen molar-refractivity contribution in [3.63, 3.8) is 0 Å². The number of allylic oxidation sites excluding steroid dienone is 2. The lowest BCUT2D eigenvalue weighted by Crippen LogP contribution is -2.44. The molecule has 0 radical (unpaired) electrons. The van der Waals surface area contributed by atoms with Gasteiger partial charge in [0.15, 0.2) is 0 Å². The quantitative estimate of drug-likeness (QED) is 0.364. The molecule has 2 aromatic rings. The van der Waals surface area contributed by atoms with E-state index in [9.17, 15) is 9.70 Å². The van der Waals surface area contributed by atoms with Crippen LogP contribution in [0.25, 0.3) is 17.2 Å². The maximum atomic E-state index is 11.8. The van der Waals surface area contributed by atoms with E-state index in [2.05, 4.69) is 41.5 Å². The first-order valence-corrected chi connectivity index (χ1v) is 10.1. The van der Waals surface area contributed by atoms with Gasteiger partial charge in [-0.25, -0.2) is 5.53 Å². The second kappa shape index (κ2) is 10.5. The molecular formula is C24H26N4O2. The van der Waals surface area contributed by atoms with Crippen LogP contribution in [-0.4, -0.2) is 29.9 Å². The monoisotopic (exact) mass is 402 g/mol. The van der Waals surface area contributed by atoms with Gasteiger partial charge >= 0.3 is 5.91 Å². The third-order valence-corrected chi connectivity index (χ3v) is 5.52. The van der Waals surface area contributed by atoms with Crippen molar-refractivity contribution in [1.29, 1.82) is 5.53 Å². The number of nitrogens with one attached hydrogen (secondary N) is 1. The largest absolute Gasteiger partial charge is 0.303 e. The zero-order chi connectivity index (χ0) is 21.3. The molecule has 1 N–H and O–H groups in total. The van der Waals surface area contributed by atoms with Gasteiger partial charge < -0.3 is 0 Å². The molecule has 1 amide bonds. The number of hydrogen-bond acceptors (Lipinski definition) is 5. The summed E-state index contributed by atoms with van der Waals surface area (Å²) in [5.74, 6) is -0.636. The van der Waals surface area contributed by atoms with Crippen molar-refractivity contribution < 1.29 is 4.79 Å². The molecule has 1 atom stereocenters. The lowest BCUT2D eigenvalue weighted by molar-refractivity contribution is -0.124. The summed E-state index contributed by atoms with van der Waals surface area (Å²) in [7, 11) is 0. The van der Waals surface area contributed by atoms with E-state index in [4.69, 9.17) is 5.53 Å². The number of hydrogen-bond donors (Lipinski definition) is 1. The molecule has 30 heavy (non-hydrogen) atoms. The topological polar surface area (TPSA) is 86.0 Å². The number of benzene rings is 2. The fourth-order valence-corrected chi connectivity index (χ4v) is 3.88. The third-order valence-electron chi connectivity index (χ3n) is 5.52. The summed E-state index contributed by atoms with van der Waals surface area (Å²) >= 11 is 0. The van der Waals surface area contributed by atoms with Crippen LogP contribution in [0, 0.1) is 17.4 Å². The molecule has 154 valence electrons. The van der Waals surface area contributed by atoms with Gasteiger partial charge in [0, 0.05) is 11.7 Å². The molecule has 0 spiro atoms. The van der Waals surface area contributed by atoms with E-state index >= 15 is 0 Å². The highest BCUT2D eigenvalue weighted by Crippen LogP contribution is 2.26. The van der Waals surface area contributed by atoms with E-state index in [-0.39, 0.29) is 0 Å². The molecule has 0 aliphatic carbocycles. The van der Waals surface area contributed by atoms with Gasteiger partial charge in [0.1, 0.15) is 0 Å². The summed E-state index contributed by atoms with van der Waals surface area (Å²) in [5.41, 5.74) is 12.7.